The molecule has 0 heterocycles. The van der Waals surface area contributed by atoms with Gasteiger partial charge in [0.25, 0.3) is 0 Å². The van der Waals surface area contributed by atoms with Crippen LogP contribution in [0.5, 0.6) is 5.75 Å². The lowest BCUT2D eigenvalue weighted by Crippen LogP contribution is -2.14. The van der Waals surface area contributed by atoms with Crippen molar-refractivity contribution in [2.24, 2.45) is 0 Å². The number of ether oxygens (including phenoxy) is 2. The number of ketones is 1. The number of rotatable bonds is 6. The fourth-order valence-corrected chi connectivity index (χ4v) is 2.82. The van der Waals surface area contributed by atoms with Gasteiger partial charge in [-0.3, -0.25) is 4.79 Å². The third-order valence-electron chi connectivity index (χ3n) is 3.13. The van der Waals surface area contributed by atoms with Crippen molar-refractivity contribution >= 4 is 39.4 Å². The Hall–Kier alpha value is -1.79. The van der Waals surface area contributed by atoms with Crippen molar-refractivity contribution in [1.29, 1.82) is 0 Å². The minimum absolute atomic E-state index is 0.237. The van der Waals surface area contributed by atoms with Crippen LogP contribution in [0.25, 0.3) is 0 Å². The molecule has 0 saturated carbocycles. The summed E-state index contributed by atoms with van der Waals surface area (Å²) in [5.74, 6) is -0.174. The number of methoxy groups -OCH3 is 1. The molecule has 2 rings (SSSR count). The minimum atomic E-state index is -0.553. The third-order valence-corrected chi connectivity index (χ3v) is 4.50. The van der Waals surface area contributed by atoms with Crippen LogP contribution in [0.3, 0.4) is 0 Å². The molecule has 0 fully saturated rings. The maximum atomic E-state index is 12.0. The first-order chi connectivity index (χ1) is 11.0. The first-order valence-electron chi connectivity index (χ1n) is 6.73. The van der Waals surface area contributed by atoms with Gasteiger partial charge in [0.15, 0.2) is 12.4 Å². The molecule has 0 aromatic heterocycles. The molecule has 0 bridgehead atoms. The van der Waals surface area contributed by atoms with E-state index in [1.165, 1.54) is 0 Å². The monoisotopic (exact) mass is 394 g/mol. The Kier molecular flexibility index (Phi) is 6.24. The van der Waals surface area contributed by atoms with E-state index in [9.17, 15) is 9.59 Å². The van der Waals surface area contributed by atoms with E-state index in [1.807, 2.05) is 18.4 Å². The standard InChI is InChI=1S/C17H15BrO4S/c1-21-16-8-5-12(9-14(16)18)17(20)22-10-15(19)11-3-6-13(23-2)7-4-11/h3-9H,10H2,1-2H3. The van der Waals surface area contributed by atoms with E-state index in [0.29, 0.717) is 21.3 Å². The fraction of sp³-hybridized carbons (Fsp3) is 0.176. The molecule has 23 heavy (non-hydrogen) atoms. The number of benzene rings is 2. The lowest BCUT2D eigenvalue weighted by Gasteiger charge is -2.07. The summed E-state index contributed by atoms with van der Waals surface area (Å²) in [7, 11) is 1.54. The second kappa shape index (κ2) is 8.17. The molecule has 0 aliphatic heterocycles. The predicted molar refractivity (Wildman–Crippen MR) is 93.5 cm³/mol. The second-order valence-corrected chi connectivity index (χ2v) is 6.31. The Labute approximate surface area is 147 Å². The minimum Gasteiger partial charge on any atom is -0.496 e. The molecule has 0 amide bonds. The summed E-state index contributed by atoms with van der Waals surface area (Å²) in [5, 5.41) is 0. The van der Waals surface area contributed by atoms with Gasteiger partial charge < -0.3 is 9.47 Å². The summed E-state index contributed by atoms with van der Waals surface area (Å²) in [4.78, 5) is 25.1. The first kappa shape index (κ1) is 17.6. The summed E-state index contributed by atoms with van der Waals surface area (Å²) in [6, 6.07) is 12.0. The molecule has 0 saturated heterocycles. The largest absolute Gasteiger partial charge is 0.496 e. The zero-order valence-corrected chi connectivity index (χ0v) is 15.1. The van der Waals surface area contributed by atoms with Gasteiger partial charge in [-0.1, -0.05) is 12.1 Å². The van der Waals surface area contributed by atoms with Gasteiger partial charge in [0.2, 0.25) is 0 Å². The molecule has 120 valence electrons. The summed E-state index contributed by atoms with van der Waals surface area (Å²) in [6.45, 7) is -0.291. The number of hydrogen-bond acceptors (Lipinski definition) is 5. The molecule has 0 aliphatic rings. The highest BCUT2D eigenvalue weighted by Crippen LogP contribution is 2.25. The summed E-state index contributed by atoms with van der Waals surface area (Å²) < 4.78 is 10.8. The van der Waals surface area contributed by atoms with E-state index in [1.54, 1.807) is 49.2 Å². The zero-order chi connectivity index (χ0) is 16.8. The van der Waals surface area contributed by atoms with Crippen LogP contribution in [-0.2, 0) is 4.74 Å². The highest BCUT2D eigenvalue weighted by molar-refractivity contribution is 9.10. The highest BCUT2D eigenvalue weighted by atomic mass is 79.9. The number of halogens is 1. The van der Waals surface area contributed by atoms with E-state index < -0.39 is 5.97 Å². The van der Waals surface area contributed by atoms with Crippen molar-refractivity contribution in [2.45, 2.75) is 4.90 Å². The number of Topliss-reactive ketones (excluding diaryl/α,β-unsaturated/α-hetero) is 1. The van der Waals surface area contributed by atoms with Gasteiger partial charge in [-0.25, -0.2) is 4.79 Å². The zero-order valence-electron chi connectivity index (χ0n) is 12.7. The average Bonchev–Trinajstić information content (AvgIpc) is 2.59. The van der Waals surface area contributed by atoms with Crippen LogP contribution in [0.1, 0.15) is 20.7 Å². The van der Waals surface area contributed by atoms with Crippen LogP contribution in [0.2, 0.25) is 0 Å². The van der Waals surface area contributed by atoms with Crippen LogP contribution >= 0.6 is 27.7 Å². The maximum absolute atomic E-state index is 12.0. The van der Waals surface area contributed by atoms with Gasteiger partial charge >= 0.3 is 5.97 Å². The number of carbonyl (C=O) groups excluding carboxylic acids is 2. The van der Waals surface area contributed by atoms with Gasteiger partial charge in [0.05, 0.1) is 17.1 Å². The third kappa shape index (κ3) is 4.59. The second-order valence-electron chi connectivity index (χ2n) is 4.58. The van der Waals surface area contributed by atoms with Gasteiger partial charge in [0, 0.05) is 10.5 Å². The molecule has 0 atom stereocenters. The van der Waals surface area contributed by atoms with Crippen LogP contribution in [0, 0.1) is 0 Å². The number of hydrogen-bond donors (Lipinski definition) is 0. The molecule has 0 N–H and O–H groups in total. The molecule has 0 radical (unpaired) electrons. The number of thioether (sulfide) groups is 1. The molecule has 4 nitrogen and oxygen atoms in total. The topological polar surface area (TPSA) is 52.6 Å². The Morgan fingerprint density at radius 3 is 2.30 bits per heavy atom. The van der Waals surface area contributed by atoms with E-state index in [0.717, 1.165) is 4.90 Å². The van der Waals surface area contributed by atoms with E-state index in [4.69, 9.17) is 9.47 Å². The quantitative estimate of drug-likeness (QED) is 0.417. The first-order valence-corrected chi connectivity index (χ1v) is 8.75. The smallest absolute Gasteiger partial charge is 0.338 e. The molecule has 2 aromatic rings. The van der Waals surface area contributed by atoms with Crippen molar-refractivity contribution < 1.29 is 19.1 Å². The normalized spacial score (nSPS) is 10.2. The highest BCUT2D eigenvalue weighted by Gasteiger charge is 2.13. The lowest BCUT2D eigenvalue weighted by atomic mass is 10.1. The predicted octanol–water partition coefficient (Wildman–Crippen LogP) is 4.22. The Bertz CT molecular complexity index is 713. The average molecular weight is 395 g/mol. The Morgan fingerprint density at radius 1 is 1.09 bits per heavy atom. The molecule has 6 heteroatoms. The van der Waals surface area contributed by atoms with Crippen molar-refractivity contribution in [1.82, 2.24) is 0 Å². The van der Waals surface area contributed by atoms with Crippen molar-refractivity contribution in [2.75, 3.05) is 20.0 Å². The molecule has 2 aromatic carbocycles. The van der Waals surface area contributed by atoms with Crippen molar-refractivity contribution in [3.05, 3.63) is 58.1 Å². The van der Waals surface area contributed by atoms with E-state index in [2.05, 4.69) is 15.9 Å². The summed E-state index contributed by atoms with van der Waals surface area (Å²) in [5.41, 5.74) is 0.870. The Morgan fingerprint density at radius 2 is 1.74 bits per heavy atom. The summed E-state index contributed by atoms with van der Waals surface area (Å²) in [6.07, 6.45) is 1.96. The summed E-state index contributed by atoms with van der Waals surface area (Å²) >= 11 is 4.90. The van der Waals surface area contributed by atoms with Gasteiger partial charge in [0.1, 0.15) is 5.75 Å². The van der Waals surface area contributed by atoms with Gasteiger partial charge in [-0.15, -0.1) is 11.8 Å². The van der Waals surface area contributed by atoms with Crippen molar-refractivity contribution in [3.63, 3.8) is 0 Å². The number of esters is 1. The molecular formula is C17H15BrO4S. The van der Waals surface area contributed by atoms with E-state index >= 15 is 0 Å². The maximum Gasteiger partial charge on any atom is 0.338 e. The van der Waals surface area contributed by atoms with Crippen LogP contribution in [0.15, 0.2) is 51.8 Å². The Balaban J connectivity index is 1.97. The number of carbonyl (C=O) groups is 2. The van der Waals surface area contributed by atoms with Crippen molar-refractivity contribution in [3.8, 4) is 5.75 Å². The van der Waals surface area contributed by atoms with Crippen LogP contribution < -0.4 is 4.74 Å². The molecule has 0 unspecified atom stereocenters. The van der Waals surface area contributed by atoms with Crippen LogP contribution in [-0.4, -0.2) is 31.7 Å². The molecule has 0 spiro atoms. The molecule has 0 aliphatic carbocycles. The lowest BCUT2D eigenvalue weighted by molar-refractivity contribution is 0.0474. The molecular weight excluding hydrogens is 380 g/mol. The van der Waals surface area contributed by atoms with Crippen LogP contribution in [0.4, 0.5) is 0 Å². The fourth-order valence-electron chi connectivity index (χ4n) is 1.87. The van der Waals surface area contributed by atoms with Gasteiger partial charge in [-0.05, 0) is 52.5 Å². The SMILES string of the molecule is COc1ccc(C(=O)OCC(=O)c2ccc(SC)cc2)cc1Br. The van der Waals surface area contributed by atoms with E-state index in [-0.39, 0.29) is 12.4 Å². The van der Waals surface area contributed by atoms with Gasteiger partial charge in [-0.2, -0.15) is 0 Å².